The van der Waals surface area contributed by atoms with E-state index in [1.54, 1.807) is 0 Å². The summed E-state index contributed by atoms with van der Waals surface area (Å²) in [5, 5.41) is 2.91. The van der Waals surface area contributed by atoms with Gasteiger partial charge in [0.05, 0.1) is 0 Å². The monoisotopic (exact) mass is 355 g/mol. The van der Waals surface area contributed by atoms with Crippen LogP contribution in [0.15, 0.2) is 35.5 Å². The molecule has 1 saturated heterocycles. The third-order valence-electron chi connectivity index (χ3n) is 7.55. The number of allylic oxidation sites excluding steroid dienone is 4. The van der Waals surface area contributed by atoms with E-state index >= 15 is 0 Å². The standard InChI is InChI=1S/C22H29NO3/c1-7-12(3)16-13(4)9-15-8-11(2)10-22-17(15)21(16,6)19(24)14(5)18(22)23-20(25)26-22/h7,9,11,15-18H,5,8,10H2,1-4,6H3,(H,23,25)/b12-7+. The third-order valence-corrected chi connectivity index (χ3v) is 7.55. The molecule has 2 saturated carbocycles. The van der Waals surface area contributed by atoms with Crippen LogP contribution in [-0.2, 0) is 9.53 Å². The number of carbonyl (C=O) groups excluding carboxylic acids is 2. The number of hydrogen-bond donors (Lipinski definition) is 1. The van der Waals surface area contributed by atoms with Crippen LogP contribution in [0.25, 0.3) is 0 Å². The summed E-state index contributed by atoms with van der Waals surface area (Å²) < 4.78 is 6.03. The second-order valence-corrected chi connectivity index (χ2v) is 9.12. The molecule has 4 aliphatic rings. The molecule has 1 amide bonds. The van der Waals surface area contributed by atoms with Gasteiger partial charge in [-0.05, 0) is 45.4 Å². The largest absolute Gasteiger partial charge is 0.440 e. The Labute approximate surface area is 155 Å². The minimum atomic E-state index is -0.664. The quantitative estimate of drug-likeness (QED) is 0.567. The van der Waals surface area contributed by atoms with Crippen LogP contribution >= 0.6 is 0 Å². The van der Waals surface area contributed by atoms with Crippen molar-refractivity contribution in [3.8, 4) is 0 Å². The molecule has 3 fully saturated rings. The second kappa shape index (κ2) is 5.34. The van der Waals surface area contributed by atoms with Gasteiger partial charge in [0, 0.05) is 22.8 Å². The molecule has 1 heterocycles. The maximum Gasteiger partial charge on any atom is 0.408 e. The zero-order valence-electron chi connectivity index (χ0n) is 16.4. The summed E-state index contributed by atoms with van der Waals surface area (Å²) in [5.41, 5.74) is 1.67. The van der Waals surface area contributed by atoms with Gasteiger partial charge in [-0.2, -0.15) is 0 Å². The van der Waals surface area contributed by atoms with Gasteiger partial charge in [-0.25, -0.2) is 4.79 Å². The molecule has 3 aliphatic carbocycles. The molecule has 1 spiro atoms. The van der Waals surface area contributed by atoms with Gasteiger partial charge in [-0.3, -0.25) is 4.79 Å². The predicted octanol–water partition coefficient (Wildman–Crippen LogP) is 4.18. The second-order valence-electron chi connectivity index (χ2n) is 9.12. The van der Waals surface area contributed by atoms with Crippen LogP contribution in [0.5, 0.6) is 0 Å². The zero-order chi connectivity index (χ0) is 19.0. The fourth-order valence-corrected chi connectivity index (χ4v) is 6.95. The Kier molecular flexibility index (Phi) is 3.61. The van der Waals surface area contributed by atoms with Gasteiger partial charge in [-0.15, -0.1) is 0 Å². The van der Waals surface area contributed by atoms with Gasteiger partial charge >= 0.3 is 6.09 Å². The van der Waals surface area contributed by atoms with Gasteiger partial charge in [0.1, 0.15) is 11.6 Å². The molecule has 0 aromatic rings. The molecule has 0 bridgehead atoms. The van der Waals surface area contributed by atoms with Crippen molar-refractivity contribution >= 4 is 11.9 Å². The van der Waals surface area contributed by atoms with Crippen LogP contribution in [0.2, 0.25) is 0 Å². The Morgan fingerprint density at radius 2 is 2.12 bits per heavy atom. The Morgan fingerprint density at radius 3 is 2.77 bits per heavy atom. The molecule has 4 heteroatoms. The van der Waals surface area contributed by atoms with E-state index in [2.05, 4.69) is 51.7 Å². The van der Waals surface area contributed by atoms with Gasteiger partial charge in [-0.1, -0.05) is 43.7 Å². The minimum Gasteiger partial charge on any atom is -0.440 e. The molecule has 1 aliphatic heterocycles. The van der Waals surface area contributed by atoms with Crippen LogP contribution in [0, 0.1) is 29.1 Å². The normalized spacial score (nSPS) is 47.6. The number of amides is 1. The summed E-state index contributed by atoms with van der Waals surface area (Å²) in [6.45, 7) is 14.7. The van der Waals surface area contributed by atoms with Crippen molar-refractivity contribution in [2.24, 2.45) is 29.1 Å². The lowest BCUT2D eigenvalue weighted by Gasteiger charge is -2.62. The van der Waals surface area contributed by atoms with Crippen molar-refractivity contribution in [1.82, 2.24) is 5.32 Å². The fraction of sp³-hybridized carbons (Fsp3) is 0.636. The molecular formula is C22H29NO3. The predicted molar refractivity (Wildman–Crippen MR) is 100 cm³/mol. The minimum absolute atomic E-state index is 0.0169. The van der Waals surface area contributed by atoms with E-state index < -0.39 is 23.2 Å². The number of carbonyl (C=O) groups is 2. The number of ketones is 1. The number of hydrogen-bond acceptors (Lipinski definition) is 3. The summed E-state index contributed by atoms with van der Waals surface area (Å²) in [5.74, 6) is 0.782. The van der Waals surface area contributed by atoms with Crippen molar-refractivity contribution in [3.63, 3.8) is 0 Å². The SMILES string of the molecule is C=C1C(=O)C2(C)C(/C(C)=C/C)C(C)=CC3CC(C)CC4(OC(=O)NC14)C32. The average molecular weight is 355 g/mol. The Morgan fingerprint density at radius 1 is 1.42 bits per heavy atom. The molecule has 0 aromatic carbocycles. The van der Waals surface area contributed by atoms with Crippen LogP contribution in [0.1, 0.15) is 47.5 Å². The van der Waals surface area contributed by atoms with Gasteiger partial charge in [0.15, 0.2) is 5.78 Å². The molecule has 140 valence electrons. The first kappa shape index (κ1) is 17.6. The summed E-state index contributed by atoms with van der Waals surface area (Å²) in [6.07, 6.45) is 5.87. The van der Waals surface area contributed by atoms with E-state index in [1.165, 1.54) is 11.1 Å². The Hall–Kier alpha value is -1.84. The van der Waals surface area contributed by atoms with E-state index in [-0.39, 0.29) is 23.5 Å². The first-order valence-corrected chi connectivity index (χ1v) is 9.71. The summed E-state index contributed by atoms with van der Waals surface area (Å²) >= 11 is 0. The highest BCUT2D eigenvalue weighted by Crippen LogP contribution is 2.65. The first-order chi connectivity index (χ1) is 12.2. The molecule has 0 aromatic heterocycles. The lowest BCUT2D eigenvalue weighted by Crippen LogP contribution is -2.70. The maximum atomic E-state index is 13.7. The van der Waals surface area contributed by atoms with E-state index in [0.29, 0.717) is 11.5 Å². The highest BCUT2D eigenvalue weighted by Gasteiger charge is 2.72. The lowest BCUT2D eigenvalue weighted by molar-refractivity contribution is -0.167. The number of ether oxygens (including phenoxy) is 1. The van der Waals surface area contributed by atoms with Crippen LogP contribution in [0.4, 0.5) is 4.79 Å². The highest BCUT2D eigenvalue weighted by molar-refractivity contribution is 6.04. The van der Waals surface area contributed by atoms with Crippen molar-refractivity contribution in [3.05, 3.63) is 35.5 Å². The molecule has 26 heavy (non-hydrogen) atoms. The van der Waals surface area contributed by atoms with Crippen molar-refractivity contribution in [2.45, 2.75) is 59.1 Å². The van der Waals surface area contributed by atoms with Gasteiger partial charge in [0.2, 0.25) is 0 Å². The summed E-state index contributed by atoms with van der Waals surface area (Å²) in [7, 11) is 0. The molecule has 0 radical (unpaired) electrons. The van der Waals surface area contributed by atoms with E-state index in [1.807, 2.05) is 6.92 Å². The van der Waals surface area contributed by atoms with Gasteiger partial charge in [0.25, 0.3) is 0 Å². The first-order valence-electron chi connectivity index (χ1n) is 9.71. The van der Waals surface area contributed by atoms with Crippen molar-refractivity contribution < 1.29 is 14.3 Å². The van der Waals surface area contributed by atoms with E-state index in [0.717, 1.165) is 12.8 Å². The summed E-state index contributed by atoms with van der Waals surface area (Å²) in [4.78, 5) is 25.9. The molecule has 7 unspecified atom stereocenters. The number of nitrogens with one attached hydrogen (secondary N) is 1. The number of Topliss-reactive ketones (excluding diaryl/α,β-unsaturated/α-hetero) is 1. The number of rotatable bonds is 1. The lowest BCUT2D eigenvalue weighted by atomic mass is 9.42. The number of alkyl carbamates (subject to hydrolysis) is 1. The Balaban J connectivity index is 2.00. The summed E-state index contributed by atoms with van der Waals surface area (Å²) in [6, 6.07) is -0.399. The topological polar surface area (TPSA) is 55.4 Å². The Bertz CT molecular complexity index is 778. The molecule has 4 nitrogen and oxygen atoms in total. The van der Waals surface area contributed by atoms with E-state index in [9.17, 15) is 9.59 Å². The van der Waals surface area contributed by atoms with Crippen LogP contribution in [-0.4, -0.2) is 23.5 Å². The van der Waals surface area contributed by atoms with Gasteiger partial charge < -0.3 is 10.1 Å². The third kappa shape index (κ3) is 1.91. The highest BCUT2D eigenvalue weighted by atomic mass is 16.6. The van der Waals surface area contributed by atoms with E-state index in [4.69, 9.17) is 4.74 Å². The molecule has 1 N–H and O–H groups in total. The van der Waals surface area contributed by atoms with Crippen molar-refractivity contribution in [1.29, 1.82) is 0 Å². The molecular weight excluding hydrogens is 326 g/mol. The molecule has 4 rings (SSSR count). The molecule has 7 atom stereocenters. The fourth-order valence-electron chi connectivity index (χ4n) is 6.95. The maximum absolute atomic E-state index is 13.7. The zero-order valence-corrected chi connectivity index (χ0v) is 16.4. The average Bonchev–Trinajstić information content (AvgIpc) is 2.87. The smallest absolute Gasteiger partial charge is 0.408 e. The van der Waals surface area contributed by atoms with Crippen LogP contribution < -0.4 is 5.32 Å². The van der Waals surface area contributed by atoms with Crippen molar-refractivity contribution in [2.75, 3.05) is 0 Å². The van der Waals surface area contributed by atoms with Crippen LogP contribution in [0.3, 0.4) is 0 Å².